The van der Waals surface area contributed by atoms with Gasteiger partial charge in [0.1, 0.15) is 11.5 Å². The van der Waals surface area contributed by atoms with E-state index >= 15 is 0 Å². The van der Waals surface area contributed by atoms with Crippen LogP contribution >= 0.6 is 0 Å². The minimum absolute atomic E-state index is 0.490. The lowest BCUT2D eigenvalue weighted by atomic mass is 10.1. The molecule has 1 heterocycles. The van der Waals surface area contributed by atoms with Gasteiger partial charge in [0.2, 0.25) is 6.21 Å². The Hall–Kier alpha value is -2.88. The number of aromatic nitrogens is 2. The Morgan fingerprint density at radius 2 is 1.60 bits per heavy atom. The molecule has 0 bridgehead atoms. The molecule has 0 saturated carbocycles. The van der Waals surface area contributed by atoms with Crippen LogP contribution in [-0.4, -0.2) is 26.0 Å². The highest BCUT2D eigenvalue weighted by Gasteiger charge is 2.19. The molecule has 1 aromatic heterocycles. The Morgan fingerprint density at radius 3 is 2.20 bits per heavy atom. The fraction of sp³-hybridized carbons (Fsp3) is 0.238. The molecule has 3 aromatic rings. The quantitative estimate of drug-likeness (QED) is 0.309. The molecule has 0 spiro atoms. The van der Waals surface area contributed by atoms with Crippen molar-refractivity contribution in [2.45, 2.75) is 32.9 Å². The highest BCUT2D eigenvalue weighted by molar-refractivity contribution is 5.74. The number of hydroxylamine groups is 1. The van der Waals surface area contributed by atoms with Crippen molar-refractivity contribution in [1.82, 2.24) is 9.55 Å². The molecule has 0 unspecified atom stereocenters. The van der Waals surface area contributed by atoms with Crippen molar-refractivity contribution in [3.8, 4) is 11.4 Å². The number of hydrogen-bond donors (Lipinski definition) is 0. The average molecular weight is 333 g/mol. The third-order valence-corrected chi connectivity index (χ3v) is 3.93. The van der Waals surface area contributed by atoms with E-state index in [1.165, 1.54) is 5.56 Å². The van der Waals surface area contributed by atoms with Crippen LogP contribution in [0.25, 0.3) is 11.4 Å². The van der Waals surface area contributed by atoms with E-state index in [2.05, 4.69) is 16.7 Å². The molecule has 0 aliphatic carbocycles. The minimum atomic E-state index is -0.490. The van der Waals surface area contributed by atoms with Crippen molar-refractivity contribution in [3.05, 3.63) is 83.3 Å². The van der Waals surface area contributed by atoms with Crippen LogP contribution in [0.1, 0.15) is 32.0 Å². The molecule has 25 heavy (non-hydrogen) atoms. The zero-order valence-electron chi connectivity index (χ0n) is 14.9. The molecule has 0 saturated heterocycles. The number of nitrogens with zero attached hydrogens (tertiary/aromatic N) is 3. The van der Waals surface area contributed by atoms with Crippen LogP contribution in [0.3, 0.4) is 0 Å². The van der Waals surface area contributed by atoms with Crippen molar-refractivity contribution in [1.29, 1.82) is 0 Å². The van der Waals surface area contributed by atoms with Gasteiger partial charge in [-0.25, -0.2) is 9.72 Å². The van der Waals surface area contributed by atoms with Gasteiger partial charge in [-0.3, -0.25) is 0 Å². The smallest absolute Gasteiger partial charge is 0.202 e. The van der Waals surface area contributed by atoms with Crippen LogP contribution in [0.15, 0.2) is 66.9 Å². The summed E-state index contributed by atoms with van der Waals surface area (Å²) < 4.78 is 3.05. The molecule has 0 N–H and O–H groups in total. The molecular formula is C21H23N3O. The zero-order chi connectivity index (χ0) is 17.9. The van der Waals surface area contributed by atoms with Gasteiger partial charge in [0.25, 0.3) is 0 Å². The molecule has 3 rings (SSSR count). The Morgan fingerprint density at radius 1 is 1.00 bits per heavy atom. The van der Waals surface area contributed by atoms with Crippen molar-refractivity contribution in [2.75, 3.05) is 0 Å². The molecule has 0 atom stereocenters. The average Bonchev–Trinajstić information content (AvgIpc) is 2.98. The van der Waals surface area contributed by atoms with Crippen LogP contribution in [-0.2, 0) is 6.54 Å². The van der Waals surface area contributed by atoms with Gasteiger partial charge < -0.3 is 9.77 Å². The fourth-order valence-electron chi connectivity index (χ4n) is 2.53. The number of benzene rings is 2. The van der Waals surface area contributed by atoms with E-state index in [0.29, 0.717) is 12.2 Å². The predicted molar refractivity (Wildman–Crippen MR) is 102 cm³/mol. The SMILES string of the molecule is CC(C)(C)/[N+]([O-])=C/c1cn(Cc2ccccc2)c(-c2ccccc2)n1. The van der Waals surface area contributed by atoms with E-state index in [1.54, 1.807) is 6.21 Å². The topological polar surface area (TPSA) is 43.9 Å². The Bertz CT molecular complexity index is 859. The molecule has 0 aliphatic heterocycles. The van der Waals surface area contributed by atoms with Crippen LogP contribution in [0.4, 0.5) is 0 Å². The van der Waals surface area contributed by atoms with Crippen LogP contribution in [0.5, 0.6) is 0 Å². The van der Waals surface area contributed by atoms with Gasteiger partial charge in [-0.1, -0.05) is 60.7 Å². The predicted octanol–water partition coefficient (Wildman–Crippen LogP) is 4.33. The van der Waals surface area contributed by atoms with E-state index in [-0.39, 0.29) is 0 Å². The second-order valence-electron chi connectivity index (χ2n) is 7.09. The summed E-state index contributed by atoms with van der Waals surface area (Å²) in [5.74, 6) is 0.859. The molecule has 4 nitrogen and oxygen atoms in total. The molecule has 2 aromatic carbocycles. The zero-order valence-corrected chi connectivity index (χ0v) is 14.9. The van der Waals surface area contributed by atoms with Gasteiger partial charge in [-0.05, 0) is 5.56 Å². The second-order valence-corrected chi connectivity index (χ2v) is 7.09. The van der Waals surface area contributed by atoms with E-state index in [1.807, 2.05) is 75.5 Å². The van der Waals surface area contributed by atoms with Crippen LogP contribution < -0.4 is 0 Å². The molecule has 0 amide bonds. The summed E-state index contributed by atoms with van der Waals surface area (Å²) in [7, 11) is 0. The summed E-state index contributed by atoms with van der Waals surface area (Å²) in [6, 6.07) is 20.3. The minimum Gasteiger partial charge on any atom is -0.623 e. The van der Waals surface area contributed by atoms with Crippen molar-refractivity contribution < 1.29 is 4.74 Å². The number of imidazole rings is 1. The number of rotatable bonds is 4. The lowest BCUT2D eigenvalue weighted by molar-refractivity contribution is -0.530. The van der Waals surface area contributed by atoms with E-state index < -0.39 is 5.54 Å². The molecule has 0 radical (unpaired) electrons. The maximum atomic E-state index is 12.3. The monoisotopic (exact) mass is 333 g/mol. The lowest BCUT2D eigenvalue weighted by Gasteiger charge is -2.17. The summed E-state index contributed by atoms with van der Waals surface area (Å²) in [6.45, 7) is 6.36. The Kier molecular flexibility index (Phi) is 4.70. The standard InChI is InChI=1S/C21H23N3O/c1-21(2,3)24(25)16-19-15-23(14-17-10-6-4-7-11-17)20(22-19)18-12-8-5-9-13-18/h4-13,15-16H,14H2,1-3H3/b24-16-. The van der Waals surface area contributed by atoms with Gasteiger partial charge >= 0.3 is 0 Å². The normalized spacial score (nSPS) is 12.4. The van der Waals surface area contributed by atoms with Gasteiger partial charge in [0.15, 0.2) is 5.54 Å². The highest BCUT2D eigenvalue weighted by atomic mass is 16.5. The van der Waals surface area contributed by atoms with Gasteiger partial charge in [-0.15, -0.1) is 0 Å². The first-order chi connectivity index (χ1) is 11.9. The first-order valence-electron chi connectivity index (χ1n) is 8.41. The third kappa shape index (κ3) is 4.15. The maximum Gasteiger partial charge on any atom is 0.202 e. The van der Waals surface area contributed by atoms with Crippen LogP contribution in [0.2, 0.25) is 0 Å². The maximum absolute atomic E-state index is 12.3. The molecule has 128 valence electrons. The summed E-state index contributed by atoms with van der Waals surface area (Å²) in [5, 5.41) is 12.3. The fourth-order valence-corrected chi connectivity index (χ4v) is 2.53. The number of hydrogen-bond acceptors (Lipinski definition) is 2. The first kappa shape index (κ1) is 17.0. The van der Waals surface area contributed by atoms with Crippen molar-refractivity contribution in [3.63, 3.8) is 0 Å². The van der Waals surface area contributed by atoms with E-state index in [4.69, 9.17) is 4.98 Å². The Balaban J connectivity index is 2.03. The van der Waals surface area contributed by atoms with Gasteiger partial charge in [0, 0.05) is 39.1 Å². The third-order valence-electron chi connectivity index (χ3n) is 3.93. The summed E-state index contributed by atoms with van der Waals surface area (Å²) in [4.78, 5) is 4.70. The molecular weight excluding hydrogens is 310 g/mol. The molecule has 4 heteroatoms. The molecule has 0 aliphatic rings. The summed E-state index contributed by atoms with van der Waals surface area (Å²) in [6.07, 6.45) is 3.50. The second kappa shape index (κ2) is 6.93. The van der Waals surface area contributed by atoms with E-state index in [9.17, 15) is 5.21 Å². The van der Waals surface area contributed by atoms with Crippen molar-refractivity contribution >= 4 is 6.21 Å². The molecule has 0 fully saturated rings. The highest BCUT2D eigenvalue weighted by Crippen LogP contribution is 2.20. The summed E-state index contributed by atoms with van der Waals surface area (Å²) >= 11 is 0. The lowest BCUT2D eigenvalue weighted by Crippen LogP contribution is -2.29. The largest absolute Gasteiger partial charge is 0.623 e. The van der Waals surface area contributed by atoms with E-state index in [0.717, 1.165) is 16.1 Å². The van der Waals surface area contributed by atoms with Crippen LogP contribution in [0, 0.1) is 5.21 Å². The van der Waals surface area contributed by atoms with Crippen molar-refractivity contribution in [2.24, 2.45) is 0 Å². The van der Waals surface area contributed by atoms with Gasteiger partial charge in [0.05, 0.1) is 0 Å². The summed E-state index contributed by atoms with van der Waals surface area (Å²) in [5.41, 5.74) is 2.40. The van der Waals surface area contributed by atoms with Gasteiger partial charge in [-0.2, -0.15) is 0 Å². The Labute approximate surface area is 148 Å². The first-order valence-corrected chi connectivity index (χ1v) is 8.41.